The number of carbonyl (C=O) groups excluding carboxylic acids is 4. The number of ketones is 2. The molecule has 0 saturated carbocycles. The van der Waals surface area contributed by atoms with Crippen LogP contribution in [0.15, 0.2) is 47.4 Å². The van der Waals surface area contributed by atoms with Gasteiger partial charge in [-0.2, -0.15) is 0 Å². The number of rotatable bonds is 8. The van der Waals surface area contributed by atoms with Gasteiger partial charge in [-0.25, -0.2) is 18.0 Å². The Bertz CT molecular complexity index is 1110. The molecular formula is C20H17NaO9S. The van der Waals surface area contributed by atoms with Crippen LogP contribution in [0.1, 0.15) is 54.8 Å². The van der Waals surface area contributed by atoms with Gasteiger partial charge in [-0.3, -0.25) is 9.59 Å². The van der Waals surface area contributed by atoms with Gasteiger partial charge in [-0.05, 0) is 30.3 Å². The summed E-state index contributed by atoms with van der Waals surface area (Å²) in [7, 11) is -3.80. The Labute approximate surface area is 200 Å². The summed E-state index contributed by atoms with van der Waals surface area (Å²) in [5, 5.41) is 0. The van der Waals surface area contributed by atoms with Crippen molar-refractivity contribution in [2.75, 3.05) is 13.7 Å². The SMILES string of the molecule is CCC(=O)c1ccc(C(=O)OCC(=O)c2ccc(C(=O)OC)cc2)cc1S(=O)(=O)[O-].[Na+]. The van der Waals surface area contributed by atoms with E-state index in [0.29, 0.717) is 0 Å². The maximum atomic E-state index is 12.2. The fraction of sp³-hybridized carbons (Fsp3) is 0.200. The maximum absolute atomic E-state index is 12.2. The number of Topliss-reactive ketones (excluding diaryl/α,β-unsaturated/α-hetero) is 2. The second-order valence-electron chi connectivity index (χ2n) is 6.01. The molecule has 0 amide bonds. The standard InChI is InChI=1S/C20H18O9S.Na/c1-3-16(21)15-9-8-14(10-18(15)30(25,26)27)20(24)29-11-17(22)12-4-6-13(7-5-12)19(23)28-2;/h4-10H,3,11H2,1-2H3,(H,25,26,27);/q;+1/p-1. The Morgan fingerprint density at radius 3 is 1.94 bits per heavy atom. The van der Waals surface area contributed by atoms with Crippen LogP contribution >= 0.6 is 0 Å². The number of carbonyl (C=O) groups is 4. The second-order valence-corrected chi connectivity index (χ2v) is 7.36. The molecule has 2 rings (SSSR count). The van der Waals surface area contributed by atoms with E-state index >= 15 is 0 Å². The van der Waals surface area contributed by atoms with Crippen LogP contribution in [0.3, 0.4) is 0 Å². The van der Waals surface area contributed by atoms with Crippen molar-refractivity contribution < 1.29 is 71.2 Å². The van der Waals surface area contributed by atoms with Crippen molar-refractivity contribution in [3.63, 3.8) is 0 Å². The zero-order valence-corrected chi connectivity index (χ0v) is 19.9. The summed E-state index contributed by atoms with van der Waals surface area (Å²) >= 11 is 0. The van der Waals surface area contributed by atoms with Crippen LogP contribution in [0.2, 0.25) is 0 Å². The Hall–Kier alpha value is -2.37. The van der Waals surface area contributed by atoms with Crippen LogP contribution in [-0.4, -0.2) is 50.2 Å². The molecule has 31 heavy (non-hydrogen) atoms. The molecule has 0 bridgehead atoms. The molecule has 0 spiro atoms. The summed E-state index contributed by atoms with van der Waals surface area (Å²) in [6.45, 7) is 0.834. The van der Waals surface area contributed by atoms with Gasteiger partial charge in [0.05, 0.1) is 23.1 Å². The van der Waals surface area contributed by atoms with Crippen molar-refractivity contribution in [2.45, 2.75) is 18.2 Å². The predicted molar refractivity (Wildman–Crippen MR) is 101 cm³/mol. The van der Waals surface area contributed by atoms with E-state index in [1.54, 1.807) is 0 Å². The minimum Gasteiger partial charge on any atom is -0.744 e. The molecule has 0 aromatic heterocycles. The van der Waals surface area contributed by atoms with Crippen LogP contribution in [0.25, 0.3) is 0 Å². The molecule has 0 aliphatic rings. The fourth-order valence-corrected chi connectivity index (χ4v) is 3.21. The number of ether oxygens (including phenoxy) is 2. The third kappa shape index (κ3) is 6.81. The van der Waals surface area contributed by atoms with Crippen LogP contribution in [0, 0.1) is 0 Å². The summed E-state index contributed by atoms with van der Waals surface area (Å²) in [4.78, 5) is 46.7. The van der Waals surface area contributed by atoms with E-state index in [9.17, 15) is 32.1 Å². The molecule has 0 aliphatic carbocycles. The second kappa shape index (κ2) is 11.3. The van der Waals surface area contributed by atoms with Gasteiger partial charge < -0.3 is 14.0 Å². The Balaban J connectivity index is 0.00000480. The zero-order chi connectivity index (χ0) is 22.5. The Morgan fingerprint density at radius 2 is 1.42 bits per heavy atom. The quantitative estimate of drug-likeness (QED) is 0.212. The first-order chi connectivity index (χ1) is 14.1. The molecule has 0 radical (unpaired) electrons. The molecule has 2 aromatic carbocycles. The minimum atomic E-state index is -5.02. The number of hydrogen-bond acceptors (Lipinski definition) is 9. The topological polar surface area (TPSA) is 144 Å². The number of hydrogen-bond donors (Lipinski definition) is 0. The average Bonchev–Trinajstić information content (AvgIpc) is 2.75. The van der Waals surface area contributed by atoms with Gasteiger partial charge in [0, 0.05) is 17.5 Å². The first-order valence-electron chi connectivity index (χ1n) is 8.60. The normalized spacial score (nSPS) is 10.5. The zero-order valence-electron chi connectivity index (χ0n) is 17.0. The molecule has 11 heteroatoms. The van der Waals surface area contributed by atoms with Gasteiger partial charge in [-0.15, -0.1) is 0 Å². The van der Waals surface area contributed by atoms with Crippen molar-refractivity contribution in [1.82, 2.24) is 0 Å². The minimum absolute atomic E-state index is 0. The first-order valence-corrected chi connectivity index (χ1v) is 10.0. The summed E-state index contributed by atoms with van der Waals surface area (Å²) < 4.78 is 43.8. The monoisotopic (exact) mass is 456 g/mol. The summed E-state index contributed by atoms with van der Waals surface area (Å²) in [6, 6.07) is 8.40. The van der Waals surface area contributed by atoms with Crippen LogP contribution in [0.5, 0.6) is 0 Å². The average molecular weight is 456 g/mol. The summed E-state index contributed by atoms with van der Waals surface area (Å²) in [5.41, 5.74) is -0.210. The number of esters is 2. The van der Waals surface area contributed by atoms with E-state index in [4.69, 9.17) is 4.74 Å². The van der Waals surface area contributed by atoms with Gasteiger partial charge in [-0.1, -0.05) is 19.1 Å². The van der Waals surface area contributed by atoms with E-state index in [2.05, 4.69) is 4.74 Å². The Morgan fingerprint density at radius 1 is 0.871 bits per heavy atom. The van der Waals surface area contributed by atoms with Gasteiger partial charge in [0.25, 0.3) is 0 Å². The molecule has 2 aromatic rings. The van der Waals surface area contributed by atoms with Gasteiger partial charge in [0.15, 0.2) is 18.2 Å². The first kappa shape index (κ1) is 26.7. The summed E-state index contributed by atoms with van der Waals surface area (Å²) in [6.07, 6.45) is -0.0322. The van der Waals surface area contributed by atoms with Gasteiger partial charge >= 0.3 is 41.5 Å². The molecule has 0 fully saturated rings. The number of benzene rings is 2. The van der Waals surface area contributed by atoms with Gasteiger partial charge in [0.2, 0.25) is 0 Å². The largest absolute Gasteiger partial charge is 1.00 e. The van der Waals surface area contributed by atoms with Crippen LogP contribution in [0.4, 0.5) is 0 Å². The van der Waals surface area contributed by atoms with Crippen LogP contribution in [-0.2, 0) is 19.6 Å². The van der Waals surface area contributed by atoms with E-state index < -0.39 is 45.1 Å². The third-order valence-electron chi connectivity index (χ3n) is 4.07. The molecule has 0 unspecified atom stereocenters. The molecular weight excluding hydrogens is 439 g/mol. The van der Waals surface area contributed by atoms with E-state index in [-0.39, 0.29) is 58.2 Å². The smallest absolute Gasteiger partial charge is 0.744 e. The predicted octanol–water partition coefficient (Wildman–Crippen LogP) is -0.986. The molecule has 0 aliphatic heterocycles. The fourth-order valence-electron chi connectivity index (χ4n) is 2.48. The van der Waals surface area contributed by atoms with Crippen molar-refractivity contribution in [2.24, 2.45) is 0 Å². The van der Waals surface area contributed by atoms with E-state index in [0.717, 1.165) is 18.2 Å². The maximum Gasteiger partial charge on any atom is 1.00 e. The van der Waals surface area contributed by atoms with Crippen molar-refractivity contribution >= 4 is 33.6 Å². The Kier molecular flexibility index (Phi) is 9.72. The summed E-state index contributed by atoms with van der Waals surface area (Å²) in [5.74, 6) is -2.77. The molecule has 9 nitrogen and oxygen atoms in total. The molecule has 0 saturated heterocycles. The van der Waals surface area contributed by atoms with Gasteiger partial charge in [0.1, 0.15) is 10.1 Å². The molecule has 158 valence electrons. The van der Waals surface area contributed by atoms with Crippen molar-refractivity contribution in [3.8, 4) is 0 Å². The third-order valence-corrected chi connectivity index (χ3v) is 4.95. The number of methoxy groups -OCH3 is 1. The van der Waals surface area contributed by atoms with Crippen molar-refractivity contribution in [1.29, 1.82) is 0 Å². The molecule has 0 heterocycles. The van der Waals surface area contributed by atoms with E-state index in [1.807, 2.05) is 0 Å². The molecule has 0 atom stereocenters. The van der Waals surface area contributed by atoms with Crippen LogP contribution < -0.4 is 29.6 Å². The molecule has 0 N–H and O–H groups in total. The van der Waals surface area contributed by atoms with Crippen molar-refractivity contribution in [3.05, 3.63) is 64.7 Å². The van der Waals surface area contributed by atoms with E-state index in [1.165, 1.54) is 38.3 Å².